The van der Waals surface area contributed by atoms with E-state index in [0.29, 0.717) is 23.7 Å². The standard InChI is InChI=1S/C12H20N2O3/c1-9(8-15)3-2-5-13-7-11-10(12(16)17)4-6-14-11/h4,6,9,13-15H,2-3,5,7-8H2,1H3,(H,16,17). The molecule has 0 spiro atoms. The molecular weight excluding hydrogens is 220 g/mol. The molecule has 0 aliphatic rings. The van der Waals surface area contributed by atoms with Crippen molar-refractivity contribution in [3.8, 4) is 0 Å². The normalized spacial score (nSPS) is 12.6. The van der Waals surface area contributed by atoms with Crippen LogP contribution < -0.4 is 5.32 Å². The van der Waals surface area contributed by atoms with Crippen LogP contribution in [0.5, 0.6) is 0 Å². The average molecular weight is 240 g/mol. The fourth-order valence-electron chi connectivity index (χ4n) is 1.63. The highest BCUT2D eigenvalue weighted by Crippen LogP contribution is 2.07. The monoisotopic (exact) mass is 240 g/mol. The van der Waals surface area contributed by atoms with E-state index in [4.69, 9.17) is 10.2 Å². The maximum Gasteiger partial charge on any atom is 0.337 e. The third-order valence-electron chi connectivity index (χ3n) is 2.73. The topological polar surface area (TPSA) is 85.4 Å². The van der Waals surface area contributed by atoms with E-state index in [9.17, 15) is 4.79 Å². The number of hydrogen-bond acceptors (Lipinski definition) is 3. The van der Waals surface area contributed by atoms with Gasteiger partial charge in [-0.15, -0.1) is 0 Å². The molecule has 1 heterocycles. The van der Waals surface area contributed by atoms with Crippen LogP contribution in [-0.4, -0.2) is 34.3 Å². The van der Waals surface area contributed by atoms with Gasteiger partial charge < -0.3 is 20.5 Å². The Kier molecular flexibility index (Phi) is 5.72. The van der Waals surface area contributed by atoms with Crippen LogP contribution >= 0.6 is 0 Å². The van der Waals surface area contributed by atoms with Crippen LogP contribution in [0.2, 0.25) is 0 Å². The van der Waals surface area contributed by atoms with Gasteiger partial charge >= 0.3 is 5.97 Å². The molecule has 0 bridgehead atoms. The third kappa shape index (κ3) is 4.58. The number of rotatable bonds is 8. The zero-order valence-electron chi connectivity index (χ0n) is 10.1. The van der Waals surface area contributed by atoms with Gasteiger partial charge in [0.2, 0.25) is 0 Å². The lowest BCUT2D eigenvalue weighted by molar-refractivity contribution is 0.0695. The van der Waals surface area contributed by atoms with Crippen molar-refractivity contribution >= 4 is 5.97 Å². The van der Waals surface area contributed by atoms with Crippen LogP contribution in [0, 0.1) is 5.92 Å². The number of aromatic carboxylic acids is 1. The van der Waals surface area contributed by atoms with Crippen molar-refractivity contribution in [3.05, 3.63) is 23.5 Å². The first-order valence-electron chi connectivity index (χ1n) is 5.86. The summed E-state index contributed by atoms with van der Waals surface area (Å²) in [6, 6.07) is 1.56. The Morgan fingerprint density at radius 2 is 2.35 bits per heavy atom. The molecule has 0 amide bonds. The summed E-state index contributed by atoms with van der Waals surface area (Å²) >= 11 is 0. The minimum atomic E-state index is -0.906. The number of aliphatic hydroxyl groups excluding tert-OH is 1. The molecule has 0 radical (unpaired) electrons. The lowest BCUT2D eigenvalue weighted by Gasteiger charge is -2.08. The van der Waals surface area contributed by atoms with Gasteiger partial charge in [-0.05, 0) is 31.4 Å². The number of carboxylic acids is 1. The Morgan fingerprint density at radius 1 is 1.59 bits per heavy atom. The molecular formula is C12H20N2O3. The second-order valence-electron chi connectivity index (χ2n) is 4.28. The van der Waals surface area contributed by atoms with Crippen molar-refractivity contribution in [1.29, 1.82) is 0 Å². The van der Waals surface area contributed by atoms with Crippen molar-refractivity contribution in [3.63, 3.8) is 0 Å². The SMILES string of the molecule is CC(CO)CCCNCc1[nH]ccc1C(=O)O. The zero-order chi connectivity index (χ0) is 12.7. The molecule has 5 nitrogen and oxygen atoms in total. The Bertz CT molecular complexity index is 349. The molecule has 17 heavy (non-hydrogen) atoms. The zero-order valence-corrected chi connectivity index (χ0v) is 10.1. The Labute approximate surface area is 101 Å². The number of H-pyrrole nitrogens is 1. The van der Waals surface area contributed by atoms with Crippen molar-refractivity contribution in [1.82, 2.24) is 10.3 Å². The number of carboxylic acid groups (broad SMARTS) is 1. The Morgan fingerprint density at radius 3 is 3.00 bits per heavy atom. The van der Waals surface area contributed by atoms with Crippen LogP contribution in [-0.2, 0) is 6.54 Å². The second kappa shape index (κ2) is 7.09. The number of aliphatic hydroxyl groups is 1. The molecule has 1 aromatic rings. The van der Waals surface area contributed by atoms with Crippen LogP contribution in [0.15, 0.2) is 12.3 Å². The van der Waals surface area contributed by atoms with E-state index >= 15 is 0 Å². The number of aromatic amines is 1. The molecule has 1 atom stereocenters. The van der Waals surface area contributed by atoms with Crippen LogP contribution in [0.25, 0.3) is 0 Å². The van der Waals surface area contributed by atoms with Gasteiger partial charge in [-0.2, -0.15) is 0 Å². The summed E-state index contributed by atoms with van der Waals surface area (Å²) in [5.74, 6) is -0.575. The molecule has 0 aromatic carbocycles. The highest BCUT2D eigenvalue weighted by atomic mass is 16.4. The quantitative estimate of drug-likeness (QED) is 0.514. The Balaban J connectivity index is 2.22. The second-order valence-corrected chi connectivity index (χ2v) is 4.28. The molecule has 0 aliphatic heterocycles. The smallest absolute Gasteiger partial charge is 0.337 e. The van der Waals surface area contributed by atoms with Gasteiger partial charge in [-0.25, -0.2) is 4.79 Å². The van der Waals surface area contributed by atoms with E-state index in [1.54, 1.807) is 12.3 Å². The number of nitrogens with one attached hydrogen (secondary N) is 2. The van der Waals surface area contributed by atoms with Gasteiger partial charge in [0, 0.05) is 25.0 Å². The molecule has 96 valence electrons. The molecule has 5 heteroatoms. The van der Waals surface area contributed by atoms with Crippen LogP contribution in [0.4, 0.5) is 0 Å². The lowest BCUT2D eigenvalue weighted by atomic mass is 10.1. The summed E-state index contributed by atoms with van der Waals surface area (Å²) in [7, 11) is 0. The highest BCUT2D eigenvalue weighted by Gasteiger charge is 2.09. The minimum absolute atomic E-state index is 0.222. The molecule has 0 fully saturated rings. The van der Waals surface area contributed by atoms with Gasteiger partial charge in [0.05, 0.1) is 5.56 Å². The number of hydrogen-bond donors (Lipinski definition) is 4. The minimum Gasteiger partial charge on any atom is -0.478 e. The van der Waals surface area contributed by atoms with E-state index in [2.05, 4.69) is 10.3 Å². The van der Waals surface area contributed by atoms with E-state index in [0.717, 1.165) is 19.4 Å². The molecule has 0 saturated heterocycles. The number of aromatic nitrogens is 1. The maximum atomic E-state index is 10.8. The van der Waals surface area contributed by atoms with Crippen molar-refractivity contribution in [2.45, 2.75) is 26.3 Å². The lowest BCUT2D eigenvalue weighted by Crippen LogP contribution is -2.17. The van der Waals surface area contributed by atoms with Gasteiger partial charge in [-0.1, -0.05) is 6.92 Å². The molecule has 1 rings (SSSR count). The van der Waals surface area contributed by atoms with Crippen LogP contribution in [0.1, 0.15) is 35.8 Å². The fraction of sp³-hybridized carbons (Fsp3) is 0.583. The van der Waals surface area contributed by atoms with E-state index < -0.39 is 5.97 Å². The third-order valence-corrected chi connectivity index (χ3v) is 2.73. The summed E-state index contributed by atoms with van der Waals surface area (Å²) in [5.41, 5.74) is 1.02. The van der Waals surface area contributed by atoms with E-state index in [-0.39, 0.29) is 6.61 Å². The summed E-state index contributed by atoms with van der Waals surface area (Å²) < 4.78 is 0. The molecule has 0 saturated carbocycles. The predicted octanol–water partition coefficient (Wildman–Crippen LogP) is 1.21. The van der Waals surface area contributed by atoms with Gasteiger partial charge in [0.1, 0.15) is 0 Å². The molecule has 0 aliphatic carbocycles. The molecule has 1 aromatic heterocycles. The van der Waals surface area contributed by atoms with Gasteiger partial charge in [0.25, 0.3) is 0 Å². The fourth-order valence-corrected chi connectivity index (χ4v) is 1.63. The summed E-state index contributed by atoms with van der Waals surface area (Å²) in [4.78, 5) is 13.7. The highest BCUT2D eigenvalue weighted by molar-refractivity contribution is 5.88. The van der Waals surface area contributed by atoms with Crippen molar-refractivity contribution < 1.29 is 15.0 Å². The summed E-state index contributed by atoms with van der Waals surface area (Å²) in [6.07, 6.45) is 3.58. The van der Waals surface area contributed by atoms with Crippen LogP contribution in [0.3, 0.4) is 0 Å². The molecule has 4 N–H and O–H groups in total. The van der Waals surface area contributed by atoms with E-state index in [1.165, 1.54) is 0 Å². The summed E-state index contributed by atoms with van der Waals surface area (Å²) in [5, 5.41) is 20.9. The van der Waals surface area contributed by atoms with Gasteiger partial charge in [-0.3, -0.25) is 0 Å². The first-order valence-corrected chi connectivity index (χ1v) is 5.86. The predicted molar refractivity (Wildman–Crippen MR) is 64.9 cm³/mol. The average Bonchev–Trinajstić information content (AvgIpc) is 2.76. The first kappa shape index (κ1) is 13.7. The van der Waals surface area contributed by atoms with E-state index in [1.807, 2.05) is 6.92 Å². The van der Waals surface area contributed by atoms with Gasteiger partial charge in [0.15, 0.2) is 0 Å². The maximum absolute atomic E-state index is 10.8. The van der Waals surface area contributed by atoms with Crippen molar-refractivity contribution in [2.24, 2.45) is 5.92 Å². The molecule has 1 unspecified atom stereocenters. The summed E-state index contributed by atoms with van der Waals surface area (Å²) in [6.45, 7) is 3.58. The first-order chi connectivity index (χ1) is 8.15. The largest absolute Gasteiger partial charge is 0.478 e. The number of carbonyl (C=O) groups is 1. The van der Waals surface area contributed by atoms with Crippen molar-refractivity contribution in [2.75, 3.05) is 13.2 Å². The Hall–Kier alpha value is -1.33.